The van der Waals surface area contributed by atoms with Crippen LogP contribution in [0.25, 0.3) is 0 Å². The molecule has 1 aliphatic rings. The molecule has 4 nitrogen and oxygen atoms in total. The summed E-state index contributed by atoms with van der Waals surface area (Å²) in [5.41, 5.74) is 0. The molecule has 0 aromatic carbocycles. The predicted molar refractivity (Wildman–Crippen MR) is 143 cm³/mol. The van der Waals surface area contributed by atoms with Gasteiger partial charge >= 0.3 is 0 Å². The summed E-state index contributed by atoms with van der Waals surface area (Å²) in [5, 5.41) is 0. The number of allylic oxidation sites excluding steroid dienone is 2. The predicted octanol–water partition coefficient (Wildman–Crippen LogP) is 8.71. The highest BCUT2D eigenvalue weighted by molar-refractivity contribution is 5.89. The van der Waals surface area contributed by atoms with E-state index in [9.17, 15) is 4.79 Å². The van der Waals surface area contributed by atoms with Crippen molar-refractivity contribution in [2.75, 3.05) is 19.8 Å². The first kappa shape index (κ1) is 31.3. The molecule has 1 saturated heterocycles. The minimum Gasteiger partial charge on any atom is -0.379 e. The standard InChI is InChI=1S/C30H56O4/c1-4-5-6-7-8-9-10-11-12-13-14-15-16-17-18-20-23-28(31)24-21-19-22-25-32-26-29-27-33-30(2,3)34-29/h21,24,29H,4-20,22-23,25-27H2,1-3H3/b24-21+/t29-/m0/s1. The molecule has 1 atom stereocenters. The Morgan fingerprint density at radius 2 is 1.35 bits per heavy atom. The summed E-state index contributed by atoms with van der Waals surface area (Å²) in [6.07, 6.45) is 28.1. The van der Waals surface area contributed by atoms with Gasteiger partial charge in [-0.1, -0.05) is 109 Å². The van der Waals surface area contributed by atoms with E-state index >= 15 is 0 Å². The van der Waals surface area contributed by atoms with E-state index in [1.165, 1.54) is 96.3 Å². The van der Waals surface area contributed by atoms with Gasteiger partial charge in [-0.2, -0.15) is 0 Å². The summed E-state index contributed by atoms with van der Waals surface area (Å²) < 4.78 is 16.9. The third kappa shape index (κ3) is 19.6. The molecule has 0 aromatic rings. The van der Waals surface area contributed by atoms with Crippen molar-refractivity contribution in [3.63, 3.8) is 0 Å². The van der Waals surface area contributed by atoms with Crippen LogP contribution in [-0.4, -0.2) is 37.5 Å². The molecule has 0 N–H and O–H groups in total. The van der Waals surface area contributed by atoms with Gasteiger partial charge in [0.25, 0.3) is 0 Å². The molecule has 1 fully saturated rings. The SMILES string of the molecule is CCCCCCCCCCCCCCCCCCC(=O)/C=C/CCCOC[C@H]1COC(C)(C)O1. The first-order chi connectivity index (χ1) is 16.5. The van der Waals surface area contributed by atoms with Gasteiger partial charge in [0, 0.05) is 13.0 Å². The zero-order valence-electron chi connectivity index (χ0n) is 22.9. The van der Waals surface area contributed by atoms with E-state index < -0.39 is 5.79 Å². The van der Waals surface area contributed by atoms with Crippen molar-refractivity contribution >= 4 is 5.78 Å². The van der Waals surface area contributed by atoms with Gasteiger partial charge < -0.3 is 14.2 Å². The van der Waals surface area contributed by atoms with E-state index in [1.807, 2.05) is 19.9 Å². The zero-order chi connectivity index (χ0) is 24.7. The van der Waals surface area contributed by atoms with Gasteiger partial charge in [0.2, 0.25) is 0 Å². The molecule has 0 unspecified atom stereocenters. The van der Waals surface area contributed by atoms with E-state index in [2.05, 4.69) is 6.92 Å². The second kappa shape index (κ2) is 21.6. The smallest absolute Gasteiger partial charge is 0.163 e. The Hall–Kier alpha value is -0.710. The van der Waals surface area contributed by atoms with Crippen LogP contribution in [0.3, 0.4) is 0 Å². The topological polar surface area (TPSA) is 44.8 Å². The monoisotopic (exact) mass is 480 g/mol. The molecular formula is C30H56O4. The fraction of sp³-hybridized carbons (Fsp3) is 0.900. The highest BCUT2D eigenvalue weighted by atomic mass is 16.7. The highest BCUT2D eigenvalue weighted by Gasteiger charge is 2.32. The molecule has 4 heteroatoms. The minimum absolute atomic E-state index is 0.0341. The number of rotatable bonds is 24. The summed E-state index contributed by atoms with van der Waals surface area (Å²) in [4.78, 5) is 12.0. The quantitative estimate of drug-likeness (QED) is 0.102. The van der Waals surface area contributed by atoms with Crippen LogP contribution >= 0.6 is 0 Å². The van der Waals surface area contributed by atoms with Gasteiger partial charge in [-0.05, 0) is 39.2 Å². The summed E-state index contributed by atoms with van der Waals surface area (Å²) in [7, 11) is 0. The molecule has 0 saturated carbocycles. The second-order valence-electron chi connectivity index (χ2n) is 10.6. The third-order valence-electron chi connectivity index (χ3n) is 6.61. The van der Waals surface area contributed by atoms with Crippen LogP contribution in [0, 0.1) is 0 Å². The van der Waals surface area contributed by atoms with Gasteiger partial charge in [-0.25, -0.2) is 0 Å². The van der Waals surface area contributed by atoms with Crippen molar-refractivity contribution in [3.8, 4) is 0 Å². The Labute approximate surface area is 211 Å². The number of carbonyl (C=O) groups is 1. The van der Waals surface area contributed by atoms with Crippen LogP contribution in [0.2, 0.25) is 0 Å². The average molecular weight is 481 g/mol. The molecular weight excluding hydrogens is 424 g/mol. The fourth-order valence-corrected chi connectivity index (χ4v) is 4.51. The maximum atomic E-state index is 12.0. The van der Waals surface area contributed by atoms with Crippen molar-refractivity contribution in [3.05, 3.63) is 12.2 Å². The molecule has 200 valence electrons. The van der Waals surface area contributed by atoms with Crippen LogP contribution in [0.5, 0.6) is 0 Å². The summed E-state index contributed by atoms with van der Waals surface area (Å²) in [6.45, 7) is 8.00. The zero-order valence-corrected chi connectivity index (χ0v) is 22.9. The summed E-state index contributed by atoms with van der Waals surface area (Å²) in [5.74, 6) is -0.214. The third-order valence-corrected chi connectivity index (χ3v) is 6.61. The fourth-order valence-electron chi connectivity index (χ4n) is 4.51. The molecule has 0 aromatic heterocycles. The first-order valence-electron chi connectivity index (χ1n) is 14.6. The van der Waals surface area contributed by atoms with E-state index in [0.29, 0.717) is 26.2 Å². The first-order valence-corrected chi connectivity index (χ1v) is 14.6. The van der Waals surface area contributed by atoms with Crippen molar-refractivity contribution in [2.24, 2.45) is 0 Å². The normalized spacial score (nSPS) is 17.7. The van der Waals surface area contributed by atoms with Gasteiger partial charge in [0.15, 0.2) is 11.6 Å². The minimum atomic E-state index is -0.483. The largest absolute Gasteiger partial charge is 0.379 e. The Morgan fingerprint density at radius 3 is 1.85 bits per heavy atom. The van der Waals surface area contributed by atoms with Crippen molar-refractivity contribution in [2.45, 2.75) is 155 Å². The summed E-state index contributed by atoms with van der Waals surface area (Å²) in [6, 6.07) is 0. The Kier molecular flexibility index (Phi) is 19.9. The molecule has 1 heterocycles. The molecule has 0 amide bonds. The number of unbranched alkanes of at least 4 members (excludes halogenated alkanes) is 16. The molecule has 0 aliphatic carbocycles. The van der Waals surface area contributed by atoms with E-state index in [4.69, 9.17) is 14.2 Å². The number of hydrogen-bond donors (Lipinski definition) is 0. The number of ether oxygens (including phenoxy) is 3. The second-order valence-corrected chi connectivity index (χ2v) is 10.6. The van der Waals surface area contributed by atoms with Crippen LogP contribution in [0.15, 0.2) is 12.2 Å². The molecule has 34 heavy (non-hydrogen) atoms. The number of hydrogen-bond acceptors (Lipinski definition) is 4. The van der Waals surface area contributed by atoms with Crippen LogP contribution < -0.4 is 0 Å². The lowest BCUT2D eigenvalue weighted by Gasteiger charge is -2.16. The number of ketones is 1. The average Bonchev–Trinajstić information content (AvgIpc) is 3.16. The van der Waals surface area contributed by atoms with Crippen molar-refractivity contribution in [1.29, 1.82) is 0 Å². The van der Waals surface area contributed by atoms with Gasteiger partial charge in [-0.15, -0.1) is 0 Å². The molecule has 1 aliphatic heterocycles. The number of carbonyl (C=O) groups excluding carboxylic acids is 1. The van der Waals surface area contributed by atoms with Crippen molar-refractivity contribution in [1.82, 2.24) is 0 Å². The highest BCUT2D eigenvalue weighted by Crippen LogP contribution is 2.22. The summed E-state index contributed by atoms with van der Waals surface area (Å²) >= 11 is 0. The maximum absolute atomic E-state index is 12.0. The Morgan fingerprint density at radius 1 is 0.824 bits per heavy atom. The van der Waals surface area contributed by atoms with Crippen LogP contribution in [0.4, 0.5) is 0 Å². The maximum Gasteiger partial charge on any atom is 0.163 e. The molecule has 0 spiro atoms. The molecule has 0 bridgehead atoms. The van der Waals surface area contributed by atoms with Crippen molar-refractivity contribution < 1.29 is 19.0 Å². The van der Waals surface area contributed by atoms with Crippen LogP contribution in [0.1, 0.15) is 143 Å². The van der Waals surface area contributed by atoms with Gasteiger partial charge in [0.05, 0.1) is 13.2 Å². The Balaban J connectivity index is 1.76. The van der Waals surface area contributed by atoms with E-state index in [0.717, 1.165) is 19.3 Å². The van der Waals surface area contributed by atoms with Crippen LogP contribution in [-0.2, 0) is 19.0 Å². The van der Waals surface area contributed by atoms with E-state index in [-0.39, 0.29) is 11.9 Å². The Bertz CT molecular complexity index is 500. The van der Waals surface area contributed by atoms with Gasteiger partial charge in [-0.3, -0.25) is 4.79 Å². The van der Waals surface area contributed by atoms with Gasteiger partial charge in [0.1, 0.15) is 6.10 Å². The lowest BCUT2D eigenvalue weighted by atomic mass is 10.0. The molecule has 1 rings (SSSR count). The molecule has 0 radical (unpaired) electrons. The lowest BCUT2D eigenvalue weighted by Crippen LogP contribution is -2.24. The lowest BCUT2D eigenvalue weighted by molar-refractivity contribution is -0.145. The van der Waals surface area contributed by atoms with E-state index in [1.54, 1.807) is 6.08 Å².